The van der Waals surface area contributed by atoms with E-state index in [1.165, 1.54) is 119 Å². The Morgan fingerprint density at radius 1 is 0.441 bits per heavy atom. The van der Waals surface area contributed by atoms with E-state index in [0.29, 0.717) is 0 Å². The Morgan fingerprint density at radius 3 is 1.57 bits per heavy atom. The van der Waals surface area contributed by atoms with Crippen LogP contribution in [0.2, 0.25) is 0 Å². The van der Waals surface area contributed by atoms with Crippen molar-refractivity contribution in [3.8, 4) is 11.1 Å². The van der Waals surface area contributed by atoms with Crippen molar-refractivity contribution in [2.24, 2.45) is 0 Å². The third-order valence-corrected chi connectivity index (χ3v) is 18.4. The second-order valence-electron chi connectivity index (χ2n) is 25.9. The summed E-state index contributed by atoms with van der Waals surface area (Å²) < 4.78 is 7.70. The summed E-state index contributed by atoms with van der Waals surface area (Å²) in [7, 11) is 0. The molecule has 6 aromatic carbocycles. The van der Waals surface area contributed by atoms with E-state index in [2.05, 4.69) is 210 Å². The molecule has 7 aromatic rings. The van der Waals surface area contributed by atoms with E-state index < -0.39 is 0 Å². The average Bonchev–Trinajstić information content (AvgIpc) is 3.66. The highest BCUT2D eigenvalue weighted by molar-refractivity contribution is 7.00. The SMILES string of the molecule is Cc1cc2c3c(c1)N(c1ccc4c(c1)C(C)(C)CCC4(C)C)c1c(oc4cc5c(cc14)C(C)(C)CCC5(C)C)B3c1cc3c(cc1N2c1ccc(-c2ccccc2)cc1C)C(C)(C)CCC3(C)C. The van der Waals surface area contributed by atoms with Crippen molar-refractivity contribution >= 4 is 68.4 Å². The van der Waals surface area contributed by atoms with Gasteiger partial charge in [0.1, 0.15) is 5.58 Å². The van der Waals surface area contributed by atoms with Crippen LogP contribution in [0.1, 0.15) is 166 Å². The summed E-state index contributed by atoms with van der Waals surface area (Å²) in [6.07, 6.45) is 7.01. The van der Waals surface area contributed by atoms with Gasteiger partial charge in [0.25, 0.3) is 6.71 Å². The minimum absolute atomic E-state index is 0.0334. The summed E-state index contributed by atoms with van der Waals surface area (Å²) in [5.41, 5.74) is 26.4. The monoisotopic (exact) mass is 895 g/mol. The first-order valence-electron chi connectivity index (χ1n) is 25.8. The summed E-state index contributed by atoms with van der Waals surface area (Å²) in [5, 5.41) is 1.23. The molecule has 68 heavy (non-hydrogen) atoms. The van der Waals surface area contributed by atoms with Crippen molar-refractivity contribution in [2.45, 2.75) is 168 Å². The highest BCUT2D eigenvalue weighted by Gasteiger charge is 2.50. The molecular formula is C64H71BN2O. The quantitative estimate of drug-likeness (QED) is 0.165. The van der Waals surface area contributed by atoms with Gasteiger partial charge in [-0.25, -0.2) is 0 Å². The van der Waals surface area contributed by atoms with Gasteiger partial charge in [0.15, 0.2) is 0 Å². The molecular weight excluding hydrogens is 824 g/mol. The fraction of sp³-hybridized carbons (Fsp3) is 0.406. The van der Waals surface area contributed by atoms with Crippen LogP contribution in [0.3, 0.4) is 0 Å². The second kappa shape index (κ2) is 14.1. The molecule has 3 nitrogen and oxygen atoms in total. The Hall–Kier alpha value is -5.48. The molecule has 346 valence electrons. The van der Waals surface area contributed by atoms with Crippen molar-refractivity contribution in [3.63, 3.8) is 0 Å². The average molecular weight is 895 g/mol. The number of aryl methyl sites for hydroxylation is 2. The number of benzene rings is 6. The summed E-state index contributed by atoms with van der Waals surface area (Å²) in [4.78, 5) is 5.29. The molecule has 0 amide bonds. The smallest absolute Gasteiger partial charge is 0.297 e. The van der Waals surface area contributed by atoms with Crippen molar-refractivity contribution in [1.29, 1.82) is 0 Å². The Labute approximate surface area is 407 Å². The molecule has 0 atom stereocenters. The Morgan fingerprint density at radius 2 is 0.971 bits per heavy atom. The zero-order chi connectivity index (χ0) is 47.8. The van der Waals surface area contributed by atoms with Crippen LogP contribution in [0.25, 0.3) is 22.1 Å². The van der Waals surface area contributed by atoms with E-state index >= 15 is 0 Å². The molecule has 12 rings (SSSR count). The van der Waals surface area contributed by atoms with Gasteiger partial charge < -0.3 is 14.2 Å². The first kappa shape index (κ1) is 43.8. The molecule has 0 saturated heterocycles. The van der Waals surface area contributed by atoms with Crippen LogP contribution in [-0.2, 0) is 32.5 Å². The lowest BCUT2D eigenvalue weighted by Crippen LogP contribution is -2.61. The maximum absolute atomic E-state index is 7.70. The van der Waals surface area contributed by atoms with Crippen molar-refractivity contribution < 1.29 is 4.42 Å². The molecule has 0 fully saturated rings. The molecule has 0 radical (unpaired) electrons. The summed E-state index contributed by atoms with van der Waals surface area (Å²) in [5.74, 6) is 0. The molecule has 5 aliphatic rings. The standard InChI is InChI=1S/C64H71BN2O/c1-38-30-53-56-54(31-38)67(51-23-20-41(32-39(51)2)40-18-16-15-17-19-40)52-36-48-47(62(9,10)27-28-63(48,11)12)35-50(52)65(56)58-57(43-34-46-49(37-55(43)68-58)64(13,14)29-26-61(46,7)8)66(53)42-21-22-44-45(33-42)60(5,6)25-24-59(44,3)4/h15-23,30-37H,24-29H2,1-14H3. The second-order valence-corrected chi connectivity index (χ2v) is 25.9. The first-order chi connectivity index (χ1) is 32.0. The van der Waals surface area contributed by atoms with Gasteiger partial charge in [0.05, 0.1) is 11.3 Å². The topological polar surface area (TPSA) is 19.6 Å². The number of rotatable bonds is 3. The number of nitrogens with zero attached hydrogens (tertiary/aromatic N) is 2. The molecule has 1 aromatic heterocycles. The van der Waals surface area contributed by atoms with Gasteiger partial charge in [-0.3, -0.25) is 0 Å². The molecule has 0 spiro atoms. The highest BCUT2D eigenvalue weighted by Crippen LogP contribution is 2.55. The minimum Gasteiger partial charge on any atom is -0.468 e. The molecule has 0 unspecified atom stereocenters. The van der Waals surface area contributed by atoms with Crippen LogP contribution < -0.4 is 26.4 Å². The maximum atomic E-state index is 7.70. The fourth-order valence-electron chi connectivity index (χ4n) is 13.7. The van der Waals surface area contributed by atoms with E-state index in [0.717, 1.165) is 36.9 Å². The molecule has 0 bridgehead atoms. The lowest BCUT2D eigenvalue weighted by molar-refractivity contribution is 0.332. The largest absolute Gasteiger partial charge is 0.468 e. The molecule has 0 N–H and O–H groups in total. The fourth-order valence-corrected chi connectivity index (χ4v) is 13.7. The molecule has 2 aliphatic heterocycles. The Balaban J connectivity index is 1.20. The summed E-state index contributed by atoms with van der Waals surface area (Å²) in [6.45, 7) is 34.0. The molecule has 3 heterocycles. The highest BCUT2D eigenvalue weighted by atomic mass is 16.3. The maximum Gasteiger partial charge on any atom is 0.297 e. The van der Waals surface area contributed by atoms with E-state index in [1.807, 2.05) is 0 Å². The molecule has 4 heteroatoms. The lowest BCUT2D eigenvalue weighted by atomic mass is 9.35. The predicted molar refractivity (Wildman–Crippen MR) is 291 cm³/mol. The van der Waals surface area contributed by atoms with Crippen LogP contribution in [0.5, 0.6) is 0 Å². The van der Waals surface area contributed by atoms with Gasteiger partial charge in [0, 0.05) is 33.8 Å². The van der Waals surface area contributed by atoms with Gasteiger partial charge in [0.2, 0.25) is 0 Å². The Kier molecular flexibility index (Phi) is 9.06. The third kappa shape index (κ3) is 6.23. The van der Waals surface area contributed by atoms with Crippen molar-refractivity contribution in [2.75, 3.05) is 9.80 Å². The zero-order valence-corrected chi connectivity index (χ0v) is 43.4. The predicted octanol–water partition coefficient (Wildman–Crippen LogP) is 15.8. The van der Waals surface area contributed by atoms with Crippen LogP contribution >= 0.6 is 0 Å². The number of fused-ring (bicyclic) bond motifs is 9. The number of hydrogen-bond acceptors (Lipinski definition) is 3. The summed E-state index contributed by atoms with van der Waals surface area (Å²) in [6, 6.07) is 40.7. The van der Waals surface area contributed by atoms with E-state index in [9.17, 15) is 0 Å². The van der Waals surface area contributed by atoms with E-state index in [4.69, 9.17) is 4.42 Å². The summed E-state index contributed by atoms with van der Waals surface area (Å²) >= 11 is 0. The third-order valence-electron chi connectivity index (χ3n) is 18.4. The van der Waals surface area contributed by atoms with E-state index in [-0.39, 0.29) is 39.2 Å². The number of furan rings is 1. The normalized spacial score (nSPS) is 20.5. The first-order valence-corrected chi connectivity index (χ1v) is 25.8. The van der Waals surface area contributed by atoms with Crippen LogP contribution in [0.15, 0.2) is 108 Å². The van der Waals surface area contributed by atoms with Crippen molar-refractivity contribution in [1.82, 2.24) is 0 Å². The Bertz CT molecular complexity index is 3280. The number of anilines is 6. The van der Waals surface area contributed by atoms with Gasteiger partial charge in [-0.2, -0.15) is 0 Å². The zero-order valence-electron chi connectivity index (χ0n) is 43.4. The minimum atomic E-state index is -0.105. The molecule has 0 saturated carbocycles. The molecule has 3 aliphatic carbocycles. The van der Waals surface area contributed by atoms with Gasteiger partial charge >= 0.3 is 0 Å². The van der Waals surface area contributed by atoms with Crippen LogP contribution in [-0.4, -0.2) is 6.71 Å². The lowest BCUT2D eigenvalue weighted by Gasteiger charge is -2.47. The van der Waals surface area contributed by atoms with Crippen molar-refractivity contribution in [3.05, 3.63) is 148 Å². The van der Waals surface area contributed by atoms with Gasteiger partial charge in [-0.15, -0.1) is 0 Å². The van der Waals surface area contributed by atoms with Crippen LogP contribution in [0.4, 0.5) is 34.1 Å². The van der Waals surface area contributed by atoms with Gasteiger partial charge in [-0.1, -0.05) is 132 Å². The van der Waals surface area contributed by atoms with Gasteiger partial charge in [-0.05, 0) is 206 Å². The number of hydrogen-bond donors (Lipinski definition) is 0. The van der Waals surface area contributed by atoms with Crippen LogP contribution in [0, 0.1) is 13.8 Å². The van der Waals surface area contributed by atoms with E-state index in [1.54, 1.807) is 0 Å².